The number of hydrogen-bond donors (Lipinski definition) is 0. The second-order valence-corrected chi connectivity index (χ2v) is 6.52. The van der Waals surface area contributed by atoms with E-state index in [1.807, 2.05) is 4.90 Å². The standard InChI is InChI=1S/C16H31N3O/c1-15(2)19-12-8-11-18(16(19)20)14-13-17-9-6-4-3-5-7-10-17/h15H,3-14H2,1-2H3. The first kappa shape index (κ1) is 15.6. The molecular formula is C16H31N3O. The van der Waals surface area contributed by atoms with Crippen molar-refractivity contribution in [3.05, 3.63) is 0 Å². The lowest BCUT2D eigenvalue weighted by Crippen LogP contribution is -2.53. The Bertz CT molecular complexity index is 298. The summed E-state index contributed by atoms with van der Waals surface area (Å²) in [6, 6.07) is 0.574. The van der Waals surface area contributed by atoms with Gasteiger partial charge in [-0.2, -0.15) is 0 Å². The first-order valence-corrected chi connectivity index (χ1v) is 8.46. The van der Waals surface area contributed by atoms with E-state index in [9.17, 15) is 4.79 Å². The highest BCUT2D eigenvalue weighted by atomic mass is 16.2. The fourth-order valence-corrected chi connectivity index (χ4v) is 3.29. The normalized spacial score (nSPS) is 23.1. The van der Waals surface area contributed by atoms with E-state index in [1.165, 1.54) is 45.2 Å². The average molecular weight is 281 g/mol. The average Bonchev–Trinajstić information content (AvgIpc) is 2.38. The van der Waals surface area contributed by atoms with E-state index in [0.29, 0.717) is 6.04 Å². The Morgan fingerprint density at radius 1 is 0.850 bits per heavy atom. The lowest BCUT2D eigenvalue weighted by atomic mass is 10.1. The van der Waals surface area contributed by atoms with Crippen LogP contribution in [0.4, 0.5) is 4.79 Å². The van der Waals surface area contributed by atoms with Gasteiger partial charge in [0.15, 0.2) is 0 Å². The highest BCUT2D eigenvalue weighted by molar-refractivity contribution is 5.75. The molecule has 2 amide bonds. The Labute approximate surface area is 124 Å². The molecular weight excluding hydrogens is 250 g/mol. The number of likely N-dealkylation sites (tertiary alicyclic amines) is 1. The zero-order valence-corrected chi connectivity index (χ0v) is 13.3. The van der Waals surface area contributed by atoms with Crippen LogP contribution in [0, 0.1) is 0 Å². The van der Waals surface area contributed by atoms with Crippen molar-refractivity contribution in [1.29, 1.82) is 0 Å². The Morgan fingerprint density at radius 2 is 1.50 bits per heavy atom. The van der Waals surface area contributed by atoms with Crippen molar-refractivity contribution < 1.29 is 4.79 Å². The van der Waals surface area contributed by atoms with E-state index in [0.717, 1.165) is 32.6 Å². The van der Waals surface area contributed by atoms with Crippen molar-refractivity contribution in [2.45, 2.75) is 58.4 Å². The molecule has 0 unspecified atom stereocenters. The van der Waals surface area contributed by atoms with Crippen molar-refractivity contribution in [2.75, 3.05) is 39.3 Å². The second-order valence-electron chi connectivity index (χ2n) is 6.52. The summed E-state index contributed by atoms with van der Waals surface area (Å²) in [6.07, 6.45) is 7.92. The van der Waals surface area contributed by atoms with Gasteiger partial charge in [-0.1, -0.05) is 19.3 Å². The van der Waals surface area contributed by atoms with E-state index in [1.54, 1.807) is 0 Å². The highest BCUT2D eigenvalue weighted by Crippen LogP contribution is 2.14. The van der Waals surface area contributed by atoms with E-state index < -0.39 is 0 Å². The minimum absolute atomic E-state index is 0.248. The maximum atomic E-state index is 12.4. The molecule has 0 radical (unpaired) electrons. The van der Waals surface area contributed by atoms with Gasteiger partial charge in [0.25, 0.3) is 0 Å². The molecule has 0 N–H and O–H groups in total. The number of carbonyl (C=O) groups excluding carboxylic acids is 1. The molecule has 4 nitrogen and oxygen atoms in total. The van der Waals surface area contributed by atoms with Gasteiger partial charge < -0.3 is 14.7 Å². The van der Waals surface area contributed by atoms with Gasteiger partial charge in [-0.3, -0.25) is 0 Å². The molecule has 0 aromatic heterocycles. The summed E-state index contributed by atoms with van der Waals surface area (Å²) in [5, 5.41) is 0. The number of rotatable bonds is 4. The van der Waals surface area contributed by atoms with Crippen LogP contribution in [0.3, 0.4) is 0 Å². The van der Waals surface area contributed by atoms with E-state index in [-0.39, 0.29) is 6.03 Å². The summed E-state index contributed by atoms with van der Waals surface area (Å²) in [5.74, 6) is 0. The summed E-state index contributed by atoms with van der Waals surface area (Å²) >= 11 is 0. The molecule has 0 atom stereocenters. The molecule has 2 fully saturated rings. The first-order chi connectivity index (χ1) is 9.68. The van der Waals surface area contributed by atoms with Crippen LogP contribution in [-0.4, -0.2) is 66.0 Å². The monoisotopic (exact) mass is 281 g/mol. The van der Waals surface area contributed by atoms with Crippen LogP contribution < -0.4 is 0 Å². The minimum Gasteiger partial charge on any atom is -0.323 e. The lowest BCUT2D eigenvalue weighted by molar-refractivity contribution is 0.108. The third kappa shape index (κ3) is 4.37. The number of hydrogen-bond acceptors (Lipinski definition) is 2. The molecule has 20 heavy (non-hydrogen) atoms. The minimum atomic E-state index is 0.248. The zero-order valence-electron chi connectivity index (χ0n) is 13.3. The zero-order chi connectivity index (χ0) is 14.4. The molecule has 2 rings (SSSR count). The maximum Gasteiger partial charge on any atom is 0.320 e. The summed E-state index contributed by atoms with van der Waals surface area (Å²) < 4.78 is 0. The molecule has 2 aliphatic heterocycles. The molecule has 0 aromatic rings. The second kappa shape index (κ2) is 7.87. The highest BCUT2D eigenvalue weighted by Gasteiger charge is 2.27. The topological polar surface area (TPSA) is 26.8 Å². The fourth-order valence-electron chi connectivity index (χ4n) is 3.29. The van der Waals surface area contributed by atoms with Gasteiger partial charge in [-0.25, -0.2) is 4.79 Å². The van der Waals surface area contributed by atoms with Crippen molar-refractivity contribution in [2.24, 2.45) is 0 Å². The Morgan fingerprint density at radius 3 is 2.15 bits per heavy atom. The van der Waals surface area contributed by atoms with Crippen LogP contribution >= 0.6 is 0 Å². The van der Waals surface area contributed by atoms with Crippen LogP contribution in [-0.2, 0) is 0 Å². The number of carbonyl (C=O) groups is 1. The molecule has 116 valence electrons. The Kier molecular flexibility index (Phi) is 6.14. The number of urea groups is 1. The Hall–Kier alpha value is -0.770. The fraction of sp³-hybridized carbons (Fsp3) is 0.938. The maximum absolute atomic E-state index is 12.4. The molecule has 0 saturated carbocycles. The largest absolute Gasteiger partial charge is 0.323 e. The Balaban J connectivity index is 1.78. The predicted octanol–water partition coefficient (Wildman–Crippen LogP) is 2.79. The number of nitrogens with zero attached hydrogens (tertiary/aromatic N) is 3. The van der Waals surface area contributed by atoms with Gasteiger partial charge >= 0.3 is 6.03 Å². The van der Waals surface area contributed by atoms with Crippen LogP contribution in [0.1, 0.15) is 52.4 Å². The van der Waals surface area contributed by atoms with Gasteiger partial charge in [0, 0.05) is 32.2 Å². The van der Waals surface area contributed by atoms with Crippen molar-refractivity contribution in [3.8, 4) is 0 Å². The molecule has 0 spiro atoms. The van der Waals surface area contributed by atoms with Gasteiger partial charge in [0.2, 0.25) is 0 Å². The van der Waals surface area contributed by atoms with Crippen molar-refractivity contribution >= 4 is 6.03 Å². The van der Waals surface area contributed by atoms with Crippen molar-refractivity contribution in [3.63, 3.8) is 0 Å². The van der Waals surface area contributed by atoms with Crippen LogP contribution in [0.5, 0.6) is 0 Å². The molecule has 2 aliphatic rings. The van der Waals surface area contributed by atoms with Gasteiger partial charge in [0.1, 0.15) is 0 Å². The summed E-state index contributed by atoms with van der Waals surface area (Å²) in [6.45, 7) is 10.5. The summed E-state index contributed by atoms with van der Waals surface area (Å²) in [7, 11) is 0. The summed E-state index contributed by atoms with van der Waals surface area (Å²) in [4.78, 5) is 19.0. The molecule has 0 aliphatic carbocycles. The third-order valence-electron chi connectivity index (χ3n) is 4.60. The van der Waals surface area contributed by atoms with Gasteiger partial charge in [-0.05, 0) is 46.2 Å². The SMILES string of the molecule is CC(C)N1CCCN(CCN2CCCCCCC2)C1=O. The van der Waals surface area contributed by atoms with Crippen molar-refractivity contribution in [1.82, 2.24) is 14.7 Å². The molecule has 0 bridgehead atoms. The molecule has 2 heterocycles. The lowest BCUT2D eigenvalue weighted by Gasteiger charge is -2.39. The molecule has 2 saturated heterocycles. The van der Waals surface area contributed by atoms with Crippen LogP contribution in [0.15, 0.2) is 0 Å². The third-order valence-corrected chi connectivity index (χ3v) is 4.60. The number of amides is 2. The predicted molar refractivity (Wildman–Crippen MR) is 83.0 cm³/mol. The molecule has 0 aromatic carbocycles. The smallest absolute Gasteiger partial charge is 0.320 e. The van der Waals surface area contributed by atoms with E-state index >= 15 is 0 Å². The molecule has 4 heteroatoms. The van der Waals surface area contributed by atoms with E-state index in [2.05, 4.69) is 23.6 Å². The van der Waals surface area contributed by atoms with Gasteiger partial charge in [0.05, 0.1) is 0 Å². The first-order valence-electron chi connectivity index (χ1n) is 8.46. The van der Waals surface area contributed by atoms with Crippen LogP contribution in [0.2, 0.25) is 0 Å². The van der Waals surface area contributed by atoms with E-state index in [4.69, 9.17) is 0 Å². The van der Waals surface area contributed by atoms with Gasteiger partial charge in [-0.15, -0.1) is 0 Å². The van der Waals surface area contributed by atoms with Crippen LogP contribution in [0.25, 0.3) is 0 Å². The quantitative estimate of drug-likeness (QED) is 0.792. The summed E-state index contributed by atoms with van der Waals surface area (Å²) in [5.41, 5.74) is 0.